The van der Waals surface area contributed by atoms with E-state index < -0.39 is 5.91 Å². The second-order valence-corrected chi connectivity index (χ2v) is 8.17. The fourth-order valence-electron chi connectivity index (χ4n) is 2.68. The van der Waals surface area contributed by atoms with Crippen LogP contribution in [0.4, 0.5) is 5.69 Å². The van der Waals surface area contributed by atoms with Crippen molar-refractivity contribution in [2.45, 2.75) is 0 Å². The molecular formula is C22H14Cl2N4O3S. The first-order chi connectivity index (χ1) is 15.4. The van der Waals surface area contributed by atoms with E-state index >= 15 is 0 Å². The summed E-state index contributed by atoms with van der Waals surface area (Å²) in [4.78, 5) is 32.3. The van der Waals surface area contributed by atoms with Crippen molar-refractivity contribution in [3.63, 3.8) is 0 Å². The van der Waals surface area contributed by atoms with Crippen LogP contribution in [0.15, 0.2) is 66.2 Å². The quantitative estimate of drug-likeness (QED) is 0.367. The Bertz CT molecular complexity index is 1310. The smallest absolute Gasteiger partial charge is 0.275 e. The maximum absolute atomic E-state index is 12.5. The van der Waals surface area contributed by atoms with Crippen LogP contribution in [-0.4, -0.2) is 21.8 Å². The number of hydrogen-bond acceptors (Lipinski definition) is 6. The molecule has 0 bridgehead atoms. The molecule has 2 amide bonds. The number of thiazole rings is 1. The highest BCUT2D eigenvalue weighted by molar-refractivity contribution is 7.13. The molecular weight excluding hydrogens is 471 g/mol. The molecule has 0 saturated carbocycles. The van der Waals surface area contributed by atoms with Gasteiger partial charge in [-0.2, -0.15) is 0 Å². The minimum absolute atomic E-state index is 0.264. The van der Waals surface area contributed by atoms with Crippen molar-refractivity contribution in [3.05, 3.63) is 87.5 Å². The van der Waals surface area contributed by atoms with E-state index in [2.05, 4.69) is 15.3 Å². The van der Waals surface area contributed by atoms with Crippen LogP contribution in [0.2, 0.25) is 10.0 Å². The van der Waals surface area contributed by atoms with Crippen molar-refractivity contribution in [2.24, 2.45) is 5.73 Å². The number of nitrogens with one attached hydrogen (secondary N) is 1. The Balaban J connectivity index is 1.42. The number of carbonyl (C=O) groups is 2. The summed E-state index contributed by atoms with van der Waals surface area (Å²) in [6.45, 7) is 0. The molecule has 3 N–H and O–H groups in total. The topological polar surface area (TPSA) is 107 Å². The van der Waals surface area contributed by atoms with Gasteiger partial charge in [0, 0.05) is 22.6 Å². The monoisotopic (exact) mass is 484 g/mol. The van der Waals surface area contributed by atoms with Gasteiger partial charge in [-0.1, -0.05) is 35.3 Å². The van der Waals surface area contributed by atoms with Gasteiger partial charge in [-0.15, -0.1) is 11.3 Å². The Kier molecular flexibility index (Phi) is 6.36. The normalized spacial score (nSPS) is 10.6. The molecule has 0 radical (unpaired) electrons. The highest BCUT2D eigenvalue weighted by atomic mass is 35.5. The number of primary amides is 1. The van der Waals surface area contributed by atoms with Crippen molar-refractivity contribution in [1.29, 1.82) is 0 Å². The van der Waals surface area contributed by atoms with E-state index in [0.29, 0.717) is 37.9 Å². The molecule has 0 aliphatic heterocycles. The van der Waals surface area contributed by atoms with E-state index in [1.807, 2.05) is 0 Å². The summed E-state index contributed by atoms with van der Waals surface area (Å²) in [6, 6.07) is 14.9. The van der Waals surface area contributed by atoms with Crippen LogP contribution in [0.3, 0.4) is 0 Å². The molecule has 2 aromatic carbocycles. The summed E-state index contributed by atoms with van der Waals surface area (Å²) in [5.41, 5.74) is 7.10. The molecule has 160 valence electrons. The lowest BCUT2D eigenvalue weighted by molar-refractivity contribution is 0.0997. The number of aromatic nitrogens is 2. The highest BCUT2D eigenvalue weighted by Gasteiger charge is 2.13. The molecule has 0 spiro atoms. The zero-order chi connectivity index (χ0) is 22.7. The third kappa shape index (κ3) is 5.05. The van der Waals surface area contributed by atoms with E-state index in [1.54, 1.807) is 53.9 Å². The van der Waals surface area contributed by atoms with Crippen LogP contribution in [0.1, 0.15) is 20.8 Å². The SMILES string of the molecule is NC(=O)c1cccc(Oc2ccc(NC(=O)c3csc(-c4ccc(Cl)c(Cl)c4)n3)cn2)c1. The zero-order valence-electron chi connectivity index (χ0n) is 16.2. The number of nitrogens with zero attached hydrogens (tertiary/aromatic N) is 2. The highest BCUT2D eigenvalue weighted by Crippen LogP contribution is 2.30. The molecule has 4 rings (SSSR count). The van der Waals surface area contributed by atoms with Gasteiger partial charge in [-0.05, 0) is 36.4 Å². The molecule has 0 saturated heterocycles. The third-order valence-electron chi connectivity index (χ3n) is 4.24. The molecule has 0 fully saturated rings. The van der Waals surface area contributed by atoms with Crippen molar-refractivity contribution >= 4 is 52.0 Å². The van der Waals surface area contributed by atoms with Crippen molar-refractivity contribution in [2.75, 3.05) is 5.32 Å². The Hall–Kier alpha value is -3.46. The van der Waals surface area contributed by atoms with Crippen LogP contribution in [-0.2, 0) is 0 Å². The summed E-state index contributed by atoms with van der Waals surface area (Å²) < 4.78 is 5.62. The molecule has 32 heavy (non-hydrogen) atoms. The minimum atomic E-state index is -0.550. The fourth-order valence-corrected chi connectivity index (χ4v) is 3.78. The number of hydrogen-bond donors (Lipinski definition) is 2. The zero-order valence-corrected chi connectivity index (χ0v) is 18.5. The van der Waals surface area contributed by atoms with Gasteiger partial charge in [0.25, 0.3) is 5.91 Å². The number of rotatable bonds is 6. The largest absolute Gasteiger partial charge is 0.439 e. The van der Waals surface area contributed by atoms with Crippen molar-refractivity contribution < 1.29 is 14.3 Å². The number of amides is 2. The average Bonchev–Trinajstić information content (AvgIpc) is 3.28. The van der Waals surface area contributed by atoms with Gasteiger partial charge in [0.1, 0.15) is 16.5 Å². The first-order valence-corrected chi connectivity index (χ1v) is 10.8. The Labute approximate surface area is 196 Å². The van der Waals surface area contributed by atoms with Gasteiger partial charge in [-0.3, -0.25) is 9.59 Å². The van der Waals surface area contributed by atoms with Crippen molar-refractivity contribution in [1.82, 2.24) is 9.97 Å². The predicted molar refractivity (Wildman–Crippen MR) is 125 cm³/mol. The Morgan fingerprint density at radius 1 is 1.03 bits per heavy atom. The maximum Gasteiger partial charge on any atom is 0.275 e. The molecule has 7 nitrogen and oxygen atoms in total. The summed E-state index contributed by atoms with van der Waals surface area (Å²) >= 11 is 13.3. The molecule has 10 heteroatoms. The minimum Gasteiger partial charge on any atom is -0.439 e. The number of pyridine rings is 1. The molecule has 0 aliphatic rings. The first-order valence-electron chi connectivity index (χ1n) is 9.15. The fraction of sp³-hybridized carbons (Fsp3) is 0. The summed E-state index contributed by atoms with van der Waals surface area (Å²) in [5.74, 6) is -0.217. The molecule has 2 heterocycles. The van der Waals surface area contributed by atoms with E-state index in [0.717, 1.165) is 5.56 Å². The van der Waals surface area contributed by atoms with E-state index in [4.69, 9.17) is 33.7 Å². The van der Waals surface area contributed by atoms with Crippen LogP contribution in [0.25, 0.3) is 10.6 Å². The first kappa shape index (κ1) is 21.8. The van der Waals surface area contributed by atoms with Gasteiger partial charge in [-0.25, -0.2) is 9.97 Å². The molecule has 0 unspecified atom stereocenters. The lowest BCUT2D eigenvalue weighted by Crippen LogP contribution is -2.12. The van der Waals surface area contributed by atoms with Gasteiger partial charge in [0.05, 0.1) is 21.9 Å². The average molecular weight is 485 g/mol. The molecule has 2 aromatic heterocycles. The number of nitrogens with two attached hydrogens (primary N) is 1. The van der Waals surface area contributed by atoms with Crippen LogP contribution in [0.5, 0.6) is 11.6 Å². The standard InChI is InChI=1S/C22H14Cl2N4O3S/c23-16-6-4-13(9-17(16)24)22-28-18(11-32-22)21(30)27-14-5-7-19(26-10-14)31-15-3-1-2-12(8-15)20(25)29/h1-11H,(H2,25,29)(H,27,30). The van der Waals surface area contributed by atoms with Crippen LogP contribution < -0.4 is 15.8 Å². The lowest BCUT2D eigenvalue weighted by atomic mass is 10.2. The van der Waals surface area contributed by atoms with Gasteiger partial charge < -0.3 is 15.8 Å². The summed E-state index contributed by atoms with van der Waals surface area (Å²) in [7, 11) is 0. The van der Waals surface area contributed by atoms with Gasteiger partial charge in [0.15, 0.2) is 0 Å². The van der Waals surface area contributed by atoms with E-state index in [1.165, 1.54) is 23.6 Å². The van der Waals surface area contributed by atoms with E-state index in [9.17, 15) is 9.59 Å². The number of benzene rings is 2. The maximum atomic E-state index is 12.5. The molecule has 0 aliphatic carbocycles. The molecule has 4 aromatic rings. The number of anilines is 1. The van der Waals surface area contributed by atoms with Gasteiger partial charge in [0.2, 0.25) is 11.8 Å². The van der Waals surface area contributed by atoms with Gasteiger partial charge >= 0.3 is 0 Å². The Morgan fingerprint density at radius 2 is 1.88 bits per heavy atom. The number of ether oxygens (including phenoxy) is 1. The predicted octanol–water partition coefficient (Wildman–Crippen LogP) is 5.66. The van der Waals surface area contributed by atoms with E-state index in [-0.39, 0.29) is 11.6 Å². The second kappa shape index (κ2) is 9.35. The van der Waals surface area contributed by atoms with Crippen LogP contribution >= 0.6 is 34.5 Å². The second-order valence-electron chi connectivity index (χ2n) is 6.50. The van der Waals surface area contributed by atoms with Crippen molar-refractivity contribution in [3.8, 4) is 22.2 Å². The summed E-state index contributed by atoms with van der Waals surface area (Å²) in [5, 5.41) is 5.91. The lowest BCUT2D eigenvalue weighted by Gasteiger charge is -2.07. The van der Waals surface area contributed by atoms with Crippen LogP contribution in [0, 0.1) is 0 Å². The summed E-state index contributed by atoms with van der Waals surface area (Å²) in [6.07, 6.45) is 1.46. The Morgan fingerprint density at radius 3 is 2.59 bits per heavy atom. The number of halogens is 2. The third-order valence-corrected chi connectivity index (χ3v) is 5.87. The molecule has 0 atom stereocenters. The number of carbonyl (C=O) groups excluding carboxylic acids is 2.